The Bertz CT molecular complexity index is 218. The fraction of sp³-hybridized carbons (Fsp3) is 1.00. The maximum atomic E-state index is 9.94. The molecule has 1 fully saturated rings. The molecule has 0 aromatic carbocycles. The maximum absolute atomic E-state index is 9.94. The summed E-state index contributed by atoms with van der Waals surface area (Å²) in [6.07, 6.45) is 3.11. The van der Waals surface area contributed by atoms with E-state index in [9.17, 15) is 5.11 Å². The summed E-state index contributed by atoms with van der Waals surface area (Å²) in [7, 11) is 0. The molecule has 19 heavy (non-hydrogen) atoms. The van der Waals surface area contributed by atoms with Crippen molar-refractivity contribution in [3.63, 3.8) is 0 Å². The van der Waals surface area contributed by atoms with E-state index in [4.69, 9.17) is 4.74 Å². The van der Waals surface area contributed by atoms with Gasteiger partial charge in [-0.3, -0.25) is 9.80 Å². The molecule has 0 radical (unpaired) electrons. The van der Waals surface area contributed by atoms with Gasteiger partial charge < -0.3 is 9.84 Å². The van der Waals surface area contributed by atoms with Gasteiger partial charge in [-0.05, 0) is 19.8 Å². The van der Waals surface area contributed by atoms with Crippen LogP contribution in [0, 0.1) is 0 Å². The average molecular weight is 272 g/mol. The first kappa shape index (κ1) is 16.9. The van der Waals surface area contributed by atoms with Gasteiger partial charge in [0.15, 0.2) is 0 Å². The van der Waals surface area contributed by atoms with Gasteiger partial charge in [0.2, 0.25) is 0 Å². The van der Waals surface area contributed by atoms with Crippen LogP contribution in [-0.4, -0.2) is 73.0 Å². The van der Waals surface area contributed by atoms with E-state index in [1.165, 1.54) is 6.42 Å². The highest BCUT2D eigenvalue weighted by Gasteiger charge is 2.21. The molecule has 1 rings (SSSR count). The number of aliphatic hydroxyl groups excluding tert-OH is 1. The molecular weight excluding hydrogens is 240 g/mol. The van der Waals surface area contributed by atoms with E-state index in [1.54, 1.807) is 0 Å². The lowest BCUT2D eigenvalue weighted by Crippen LogP contribution is -2.51. The Morgan fingerprint density at radius 1 is 1.16 bits per heavy atom. The third-order valence-corrected chi connectivity index (χ3v) is 4.04. The monoisotopic (exact) mass is 272 g/mol. The molecule has 4 nitrogen and oxygen atoms in total. The fourth-order valence-electron chi connectivity index (χ4n) is 2.46. The van der Waals surface area contributed by atoms with Crippen LogP contribution in [0.2, 0.25) is 0 Å². The SMILES string of the molecule is CCCCOCC(O)CN1CCN(C(C)CC)CC1. The first-order chi connectivity index (χ1) is 9.17. The fourth-order valence-corrected chi connectivity index (χ4v) is 2.46. The van der Waals surface area contributed by atoms with E-state index in [-0.39, 0.29) is 6.10 Å². The van der Waals surface area contributed by atoms with Crippen LogP contribution in [0.5, 0.6) is 0 Å². The normalized spacial score (nSPS) is 21.5. The maximum Gasteiger partial charge on any atom is 0.0900 e. The van der Waals surface area contributed by atoms with E-state index < -0.39 is 0 Å². The Morgan fingerprint density at radius 3 is 2.42 bits per heavy atom. The quantitative estimate of drug-likeness (QED) is 0.647. The average Bonchev–Trinajstić information content (AvgIpc) is 2.43. The first-order valence-corrected chi connectivity index (χ1v) is 7.89. The summed E-state index contributed by atoms with van der Waals surface area (Å²) in [4.78, 5) is 4.90. The molecule has 1 N–H and O–H groups in total. The van der Waals surface area contributed by atoms with Crippen molar-refractivity contribution in [3.8, 4) is 0 Å². The van der Waals surface area contributed by atoms with Gasteiger partial charge in [-0.1, -0.05) is 20.3 Å². The Hall–Kier alpha value is -0.160. The summed E-state index contributed by atoms with van der Waals surface area (Å²) in [5.74, 6) is 0. The summed E-state index contributed by atoms with van der Waals surface area (Å²) in [5, 5.41) is 9.94. The standard InChI is InChI=1S/C15H32N2O2/c1-4-6-11-19-13-15(18)12-16-7-9-17(10-8-16)14(3)5-2/h14-15,18H,4-13H2,1-3H3. The van der Waals surface area contributed by atoms with Crippen molar-refractivity contribution in [2.75, 3.05) is 45.9 Å². The number of aliphatic hydroxyl groups is 1. The highest BCUT2D eigenvalue weighted by molar-refractivity contribution is 4.77. The molecule has 0 amide bonds. The number of rotatable bonds is 9. The zero-order chi connectivity index (χ0) is 14.1. The van der Waals surface area contributed by atoms with Gasteiger partial charge in [0, 0.05) is 45.4 Å². The van der Waals surface area contributed by atoms with Crippen LogP contribution in [0.1, 0.15) is 40.0 Å². The molecule has 1 heterocycles. The zero-order valence-corrected chi connectivity index (χ0v) is 13.0. The Kier molecular flexibility index (Phi) is 8.62. The molecule has 0 aliphatic carbocycles. The van der Waals surface area contributed by atoms with Crippen LogP contribution >= 0.6 is 0 Å². The van der Waals surface area contributed by atoms with Crippen molar-refractivity contribution in [1.29, 1.82) is 0 Å². The molecule has 0 bridgehead atoms. The Labute approximate surface area is 118 Å². The number of β-amino-alcohol motifs (C(OH)–C–C–N with tert-alkyl or cyclic N) is 1. The summed E-state index contributed by atoms with van der Waals surface area (Å²) < 4.78 is 5.47. The third kappa shape index (κ3) is 6.70. The first-order valence-electron chi connectivity index (χ1n) is 7.89. The smallest absolute Gasteiger partial charge is 0.0900 e. The number of ether oxygens (including phenoxy) is 1. The molecule has 0 spiro atoms. The van der Waals surface area contributed by atoms with Crippen LogP contribution in [0.4, 0.5) is 0 Å². The van der Waals surface area contributed by atoms with E-state index in [0.717, 1.165) is 52.2 Å². The van der Waals surface area contributed by atoms with Crippen molar-refractivity contribution < 1.29 is 9.84 Å². The predicted molar refractivity (Wildman–Crippen MR) is 79.5 cm³/mol. The highest BCUT2D eigenvalue weighted by atomic mass is 16.5. The minimum Gasteiger partial charge on any atom is -0.389 e. The summed E-state index contributed by atoms with van der Waals surface area (Å²) in [5.41, 5.74) is 0. The van der Waals surface area contributed by atoms with Crippen LogP contribution in [0.25, 0.3) is 0 Å². The third-order valence-electron chi connectivity index (χ3n) is 4.04. The Morgan fingerprint density at radius 2 is 1.84 bits per heavy atom. The number of hydrogen-bond acceptors (Lipinski definition) is 4. The lowest BCUT2D eigenvalue weighted by Gasteiger charge is -2.38. The summed E-state index contributed by atoms with van der Waals surface area (Å²) in [6, 6.07) is 0.685. The predicted octanol–water partition coefficient (Wildman–Crippen LogP) is 1.58. The van der Waals surface area contributed by atoms with Gasteiger partial charge >= 0.3 is 0 Å². The van der Waals surface area contributed by atoms with Gasteiger partial charge in [0.1, 0.15) is 0 Å². The molecule has 0 saturated carbocycles. The Balaban J connectivity index is 2.11. The molecule has 1 aliphatic heterocycles. The van der Waals surface area contributed by atoms with Crippen LogP contribution in [0.3, 0.4) is 0 Å². The van der Waals surface area contributed by atoms with Crippen molar-refractivity contribution in [3.05, 3.63) is 0 Å². The lowest BCUT2D eigenvalue weighted by atomic mass is 10.2. The molecular formula is C15H32N2O2. The number of nitrogens with zero attached hydrogens (tertiary/aromatic N) is 2. The molecule has 2 atom stereocenters. The topological polar surface area (TPSA) is 35.9 Å². The van der Waals surface area contributed by atoms with Crippen molar-refractivity contribution in [2.45, 2.75) is 52.2 Å². The summed E-state index contributed by atoms with van der Waals surface area (Å²) in [6.45, 7) is 13.1. The van der Waals surface area contributed by atoms with Gasteiger partial charge in [-0.25, -0.2) is 0 Å². The van der Waals surface area contributed by atoms with Crippen LogP contribution in [0.15, 0.2) is 0 Å². The number of unbranched alkanes of at least 4 members (excludes halogenated alkanes) is 1. The zero-order valence-electron chi connectivity index (χ0n) is 13.0. The van der Waals surface area contributed by atoms with Gasteiger partial charge in [0.25, 0.3) is 0 Å². The van der Waals surface area contributed by atoms with E-state index in [0.29, 0.717) is 12.6 Å². The molecule has 4 heteroatoms. The number of hydrogen-bond donors (Lipinski definition) is 1. The van der Waals surface area contributed by atoms with Gasteiger partial charge in [-0.2, -0.15) is 0 Å². The molecule has 0 aromatic heterocycles. The second kappa shape index (κ2) is 9.70. The van der Waals surface area contributed by atoms with E-state index in [1.807, 2.05) is 0 Å². The number of piperazine rings is 1. The minimum absolute atomic E-state index is 0.341. The molecule has 0 aromatic rings. The van der Waals surface area contributed by atoms with Gasteiger partial charge in [-0.15, -0.1) is 0 Å². The lowest BCUT2D eigenvalue weighted by molar-refractivity contribution is 0.00328. The van der Waals surface area contributed by atoms with Crippen LogP contribution < -0.4 is 0 Å². The highest BCUT2D eigenvalue weighted by Crippen LogP contribution is 2.09. The molecule has 1 aliphatic rings. The molecule has 1 saturated heterocycles. The second-order valence-corrected chi connectivity index (χ2v) is 5.68. The molecule has 114 valence electrons. The van der Waals surface area contributed by atoms with E-state index in [2.05, 4.69) is 30.6 Å². The van der Waals surface area contributed by atoms with E-state index >= 15 is 0 Å². The molecule has 2 unspecified atom stereocenters. The van der Waals surface area contributed by atoms with Crippen molar-refractivity contribution in [1.82, 2.24) is 9.80 Å². The minimum atomic E-state index is -0.341. The largest absolute Gasteiger partial charge is 0.389 e. The summed E-state index contributed by atoms with van der Waals surface area (Å²) >= 11 is 0. The van der Waals surface area contributed by atoms with Crippen LogP contribution in [-0.2, 0) is 4.74 Å². The second-order valence-electron chi connectivity index (χ2n) is 5.68. The van der Waals surface area contributed by atoms with Crippen molar-refractivity contribution in [2.24, 2.45) is 0 Å². The van der Waals surface area contributed by atoms with Gasteiger partial charge in [0.05, 0.1) is 12.7 Å². The van der Waals surface area contributed by atoms with Crippen molar-refractivity contribution >= 4 is 0 Å².